The highest BCUT2D eigenvalue weighted by molar-refractivity contribution is 5.68. The van der Waals surface area contributed by atoms with Gasteiger partial charge in [0, 0.05) is 23.5 Å². The molecule has 0 saturated carbocycles. The summed E-state index contributed by atoms with van der Waals surface area (Å²) in [4.78, 5) is 4.07. The highest BCUT2D eigenvalue weighted by Gasteiger charge is 2.21. The molecule has 2 aromatic heterocycles. The predicted octanol–water partition coefficient (Wildman–Crippen LogP) is 3.68. The molecule has 3 heterocycles. The number of piperidine rings is 1. The minimum absolute atomic E-state index is 0.226. The molecule has 1 fully saturated rings. The number of rotatable bonds is 3. The van der Waals surface area contributed by atoms with Crippen LogP contribution in [0, 0.1) is 5.82 Å². The standard InChI is InChI=1S/C19H19FN4/c20-16-3-1-2-15(12-16)19-13-18(14-4-8-21-9-5-14)23-24(19)17-6-10-22-11-7-17/h1-5,8-9,12-13,17,22H,6-7,10-11H2. The minimum Gasteiger partial charge on any atom is -0.317 e. The van der Waals surface area contributed by atoms with Crippen molar-refractivity contribution in [1.29, 1.82) is 0 Å². The summed E-state index contributed by atoms with van der Waals surface area (Å²) in [6, 6.07) is 13.0. The van der Waals surface area contributed by atoms with Gasteiger partial charge in [-0.3, -0.25) is 9.67 Å². The van der Waals surface area contributed by atoms with E-state index in [0.29, 0.717) is 6.04 Å². The summed E-state index contributed by atoms with van der Waals surface area (Å²) in [7, 11) is 0. The lowest BCUT2D eigenvalue weighted by molar-refractivity contribution is 0.346. The van der Waals surface area contributed by atoms with Gasteiger partial charge in [0.1, 0.15) is 5.82 Å². The molecule has 0 radical (unpaired) electrons. The van der Waals surface area contributed by atoms with Gasteiger partial charge in [-0.05, 0) is 56.3 Å². The molecule has 4 rings (SSSR count). The predicted molar refractivity (Wildman–Crippen MR) is 92.0 cm³/mol. The van der Waals surface area contributed by atoms with Crippen LogP contribution in [0.4, 0.5) is 4.39 Å². The molecule has 0 spiro atoms. The van der Waals surface area contributed by atoms with Crippen LogP contribution in [0.15, 0.2) is 54.9 Å². The monoisotopic (exact) mass is 322 g/mol. The molecular formula is C19H19FN4. The fraction of sp³-hybridized carbons (Fsp3) is 0.263. The van der Waals surface area contributed by atoms with Gasteiger partial charge >= 0.3 is 0 Å². The van der Waals surface area contributed by atoms with Gasteiger partial charge < -0.3 is 5.32 Å². The average Bonchev–Trinajstić information content (AvgIpc) is 3.09. The first-order valence-corrected chi connectivity index (χ1v) is 8.28. The lowest BCUT2D eigenvalue weighted by Crippen LogP contribution is -2.30. The van der Waals surface area contributed by atoms with E-state index in [-0.39, 0.29) is 5.82 Å². The second-order valence-corrected chi connectivity index (χ2v) is 6.09. The molecular weight excluding hydrogens is 303 g/mol. The van der Waals surface area contributed by atoms with Crippen LogP contribution < -0.4 is 5.32 Å². The van der Waals surface area contributed by atoms with E-state index < -0.39 is 0 Å². The first-order chi connectivity index (χ1) is 11.8. The van der Waals surface area contributed by atoms with Crippen molar-refractivity contribution in [1.82, 2.24) is 20.1 Å². The van der Waals surface area contributed by atoms with Gasteiger partial charge in [0.05, 0.1) is 17.4 Å². The van der Waals surface area contributed by atoms with E-state index in [4.69, 9.17) is 5.10 Å². The minimum atomic E-state index is -0.226. The number of hydrogen-bond acceptors (Lipinski definition) is 3. The van der Waals surface area contributed by atoms with Gasteiger partial charge in [-0.1, -0.05) is 12.1 Å². The smallest absolute Gasteiger partial charge is 0.123 e. The van der Waals surface area contributed by atoms with Gasteiger partial charge in [0.15, 0.2) is 0 Å². The van der Waals surface area contributed by atoms with Crippen molar-refractivity contribution in [2.24, 2.45) is 0 Å². The van der Waals surface area contributed by atoms with Crippen molar-refractivity contribution in [2.45, 2.75) is 18.9 Å². The van der Waals surface area contributed by atoms with E-state index in [1.807, 2.05) is 24.3 Å². The van der Waals surface area contributed by atoms with Crippen molar-refractivity contribution >= 4 is 0 Å². The van der Waals surface area contributed by atoms with Gasteiger partial charge in [-0.15, -0.1) is 0 Å². The van der Waals surface area contributed by atoms with Gasteiger partial charge in [-0.25, -0.2) is 4.39 Å². The van der Waals surface area contributed by atoms with Crippen LogP contribution in [0.1, 0.15) is 18.9 Å². The van der Waals surface area contributed by atoms with Crippen LogP contribution in [-0.2, 0) is 0 Å². The Labute approximate surface area is 140 Å². The van der Waals surface area contributed by atoms with E-state index in [2.05, 4.69) is 15.0 Å². The molecule has 5 heteroatoms. The lowest BCUT2D eigenvalue weighted by Gasteiger charge is -2.24. The quantitative estimate of drug-likeness (QED) is 0.800. The summed E-state index contributed by atoms with van der Waals surface area (Å²) >= 11 is 0. The molecule has 1 aliphatic rings. The SMILES string of the molecule is Fc1cccc(-c2cc(-c3ccncc3)nn2C2CCNCC2)c1. The van der Waals surface area contributed by atoms with Crippen molar-refractivity contribution in [3.63, 3.8) is 0 Å². The zero-order valence-electron chi connectivity index (χ0n) is 13.3. The van der Waals surface area contributed by atoms with Crippen molar-refractivity contribution < 1.29 is 4.39 Å². The number of aromatic nitrogens is 3. The Morgan fingerprint density at radius 3 is 2.54 bits per heavy atom. The normalized spacial score (nSPS) is 15.5. The number of benzene rings is 1. The van der Waals surface area contributed by atoms with Crippen molar-refractivity contribution in [3.8, 4) is 22.5 Å². The highest BCUT2D eigenvalue weighted by atomic mass is 19.1. The molecule has 122 valence electrons. The summed E-state index contributed by atoms with van der Waals surface area (Å²) < 4.78 is 15.8. The van der Waals surface area contributed by atoms with Crippen molar-refractivity contribution in [2.75, 3.05) is 13.1 Å². The van der Waals surface area contributed by atoms with E-state index in [1.54, 1.807) is 24.5 Å². The Hall–Kier alpha value is -2.53. The largest absolute Gasteiger partial charge is 0.317 e. The van der Waals surface area contributed by atoms with Gasteiger partial charge in [0.2, 0.25) is 0 Å². The van der Waals surface area contributed by atoms with E-state index in [1.165, 1.54) is 6.07 Å². The van der Waals surface area contributed by atoms with Crippen LogP contribution in [0.5, 0.6) is 0 Å². The maximum absolute atomic E-state index is 13.7. The fourth-order valence-corrected chi connectivity index (χ4v) is 3.25. The highest BCUT2D eigenvalue weighted by Crippen LogP contribution is 2.31. The van der Waals surface area contributed by atoms with E-state index >= 15 is 0 Å². The lowest BCUT2D eigenvalue weighted by atomic mass is 10.1. The number of hydrogen-bond donors (Lipinski definition) is 1. The Balaban J connectivity index is 1.82. The summed E-state index contributed by atoms with van der Waals surface area (Å²) in [5, 5.41) is 8.23. The average molecular weight is 322 g/mol. The maximum Gasteiger partial charge on any atom is 0.123 e. The van der Waals surface area contributed by atoms with Gasteiger partial charge in [0.25, 0.3) is 0 Å². The molecule has 0 unspecified atom stereocenters. The molecule has 4 nitrogen and oxygen atoms in total. The molecule has 0 amide bonds. The Morgan fingerprint density at radius 2 is 1.79 bits per heavy atom. The Kier molecular flexibility index (Phi) is 4.09. The second-order valence-electron chi connectivity index (χ2n) is 6.09. The summed E-state index contributed by atoms with van der Waals surface area (Å²) in [6.07, 6.45) is 5.58. The van der Waals surface area contributed by atoms with Crippen LogP contribution in [0.2, 0.25) is 0 Å². The first-order valence-electron chi connectivity index (χ1n) is 8.28. The summed E-state index contributed by atoms with van der Waals surface area (Å²) in [6.45, 7) is 1.97. The molecule has 24 heavy (non-hydrogen) atoms. The number of pyridine rings is 1. The number of nitrogens with zero attached hydrogens (tertiary/aromatic N) is 3. The first kappa shape index (κ1) is 15.0. The Bertz CT molecular complexity index is 822. The van der Waals surface area contributed by atoms with E-state index in [9.17, 15) is 4.39 Å². The maximum atomic E-state index is 13.7. The molecule has 1 saturated heterocycles. The van der Waals surface area contributed by atoms with Crippen LogP contribution >= 0.6 is 0 Å². The molecule has 1 N–H and O–H groups in total. The molecule has 0 aliphatic carbocycles. The zero-order chi connectivity index (χ0) is 16.4. The molecule has 0 atom stereocenters. The van der Waals surface area contributed by atoms with Gasteiger partial charge in [-0.2, -0.15) is 5.10 Å². The third-order valence-electron chi connectivity index (χ3n) is 4.49. The fourth-order valence-electron chi connectivity index (χ4n) is 3.25. The van der Waals surface area contributed by atoms with Crippen LogP contribution in [-0.4, -0.2) is 27.9 Å². The van der Waals surface area contributed by atoms with Crippen molar-refractivity contribution in [3.05, 3.63) is 60.7 Å². The Morgan fingerprint density at radius 1 is 1.00 bits per heavy atom. The summed E-state index contributed by atoms with van der Waals surface area (Å²) in [5.74, 6) is -0.226. The summed E-state index contributed by atoms with van der Waals surface area (Å²) in [5.41, 5.74) is 3.75. The molecule has 1 aromatic carbocycles. The molecule has 3 aromatic rings. The van der Waals surface area contributed by atoms with Crippen LogP contribution in [0.3, 0.4) is 0 Å². The third-order valence-corrected chi connectivity index (χ3v) is 4.49. The number of halogens is 1. The second kappa shape index (κ2) is 6.53. The molecule has 0 bridgehead atoms. The molecule has 1 aliphatic heterocycles. The third kappa shape index (κ3) is 2.95. The van der Waals surface area contributed by atoms with Crippen LogP contribution in [0.25, 0.3) is 22.5 Å². The zero-order valence-corrected chi connectivity index (χ0v) is 13.3. The van der Waals surface area contributed by atoms with E-state index in [0.717, 1.165) is 48.4 Å². The topological polar surface area (TPSA) is 42.7 Å². The number of nitrogens with one attached hydrogen (secondary N) is 1.